The fourth-order valence-corrected chi connectivity index (χ4v) is 3.99. The number of hydrogen-bond donors (Lipinski definition) is 0. The van der Waals surface area contributed by atoms with Crippen LogP contribution >= 0.6 is 0 Å². The van der Waals surface area contributed by atoms with Crippen LogP contribution in [0.1, 0.15) is 137 Å². The lowest BCUT2D eigenvalue weighted by Gasteiger charge is -2.32. The normalized spacial score (nSPS) is 11.7. The van der Waals surface area contributed by atoms with E-state index in [1.54, 1.807) is 0 Å². The monoisotopic (exact) mass is 368 g/mol. The molecular formula is C24H48O2. The maximum Gasteiger partial charge on any atom is 0.312 e. The van der Waals surface area contributed by atoms with Crippen molar-refractivity contribution in [2.45, 2.75) is 137 Å². The van der Waals surface area contributed by atoms with Crippen molar-refractivity contribution in [1.29, 1.82) is 0 Å². The van der Waals surface area contributed by atoms with E-state index in [0.29, 0.717) is 6.61 Å². The molecule has 0 aromatic carbocycles. The van der Waals surface area contributed by atoms with Gasteiger partial charge < -0.3 is 4.74 Å². The SMILES string of the molecule is CCCCCCCCCCC(CCCCC)(CCCCC)C(=O)OCC. The highest BCUT2D eigenvalue weighted by Crippen LogP contribution is 2.38. The molecule has 0 bridgehead atoms. The van der Waals surface area contributed by atoms with Gasteiger partial charge in [-0.15, -0.1) is 0 Å². The molecule has 2 nitrogen and oxygen atoms in total. The van der Waals surface area contributed by atoms with E-state index in [9.17, 15) is 4.79 Å². The molecular weight excluding hydrogens is 320 g/mol. The van der Waals surface area contributed by atoms with Crippen molar-refractivity contribution in [2.75, 3.05) is 6.61 Å². The van der Waals surface area contributed by atoms with Crippen LogP contribution in [-0.2, 0) is 9.53 Å². The minimum Gasteiger partial charge on any atom is -0.466 e. The smallest absolute Gasteiger partial charge is 0.312 e. The first-order valence-corrected chi connectivity index (χ1v) is 11.8. The zero-order valence-electron chi connectivity index (χ0n) is 18.5. The summed E-state index contributed by atoms with van der Waals surface area (Å²) in [5, 5.41) is 0. The molecule has 0 unspecified atom stereocenters. The van der Waals surface area contributed by atoms with Crippen molar-refractivity contribution < 1.29 is 9.53 Å². The average molecular weight is 369 g/mol. The predicted octanol–water partition coefficient (Wildman–Crippen LogP) is 8.23. The number of unbranched alkanes of at least 4 members (excludes halogenated alkanes) is 11. The molecule has 0 amide bonds. The lowest BCUT2D eigenvalue weighted by molar-refractivity contribution is -0.157. The van der Waals surface area contributed by atoms with Gasteiger partial charge in [-0.05, 0) is 26.2 Å². The van der Waals surface area contributed by atoms with Crippen molar-refractivity contribution in [3.8, 4) is 0 Å². The quantitative estimate of drug-likeness (QED) is 0.169. The lowest BCUT2D eigenvalue weighted by atomic mass is 9.74. The minimum atomic E-state index is -0.206. The van der Waals surface area contributed by atoms with Crippen LogP contribution in [0.25, 0.3) is 0 Å². The molecule has 0 rings (SSSR count). The molecule has 0 saturated heterocycles. The van der Waals surface area contributed by atoms with Crippen LogP contribution in [0.4, 0.5) is 0 Å². The van der Waals surface area contributed by atoms with Crippen LogP contribution in [-0.4, -0.2) is 12.6 Å². The standard InChI is InChI=1S/C24H48O2/c1-5-9-12-13-14-15-16-19-22-24(20-17-10-6-2,21-18-11-7-3)23(25)26-8-4/h5-22H2,1-4H3. The number of carbonyl (C=O) groups is 1. The molecule has 156 valence electrons. The molecule has 0 aliphatic carbocycles. The molecule has 0 fully saturated rings. The Hall–Kier alpha value is -0.530. The van der Waals surface area contributed by atoms with Crippen LogP contribution in [0.5, 0.6) is 0 Å². The second kappa shape index (κ2) is 17.9. The average Bonchev–Trinajstić information content (AvgIpc) is 2.64. The molecule has 0 saturated carbocycles. The molecule has 0 radical (unpaired) electrons. The van der Waals surface area contributed by atoms with Crippen LogP contribution in [0.2, 0.25) is 0 Å². The zero-order valence-corrected chi connectivity index (χ0v) is 18.5. The summed E-state index contributed by atoms with van der Waals surface area (Å²) in [6.45, 7) is 9.20. The first-order valence-electron chi connectivity index (χ1n) is 11.8. The van der Waals surface area contributed by atoms with Gasteiger partial charge in [-0.3, -0.25) is 4.79 Å². The van der Waals surface area contributed by atoms with Crippen molar-refractivity contribution in [2.24, 2.45) is 5.41 Å². The van der Waals surface area contributed by atoms with Crippen molar-refractivity contribution in [3.63, 3.8) is 0 Å². The van der Waals surface area contributed by atoms with E-state index in [1.165, 1.54) is 89.9 Å². The van der Waals surface area contributed by atoms with Crippen molar-refractivity contribution >= 4 is 5.97 Å². The summed E-state index contributed by atoms with van der Waals surface area (Å²) in [5.74, 6) is 0.0927. The van der Waals surface area contributed by atoms with E-state index >= 15 is 0 Å². The molecule has 0 N–H and O–H groups in total. The fraction of sp³-hybridized carbons (Fsp3) is 0.958. The summed E-state index contributed by atoms with van der Waals surface area (Å²) in [4.78, 5) is 12.9. The van der Waals surface area contributed by atoms with Gasteiger partial charge in [-0.2, -0.15) is 0 Å². The van der Waals surface area contributed by atoms with Gasteiger partial charge in [-0.1, -0.05) is 111 Å². The molecule has 0 atom stereocenters. The Bertz CT molecular complexity index is 301. The van der Waals surface area contributed by atoms with Gasteiger partial charge >= 0.3 is 5.97 Å². The first kappa shape index (κ1) is 25.5. The topological polar surface area (TPSA) is 26.3 Å². The zero-order chi connectivity index (χ0) is 19.5. The van der Waals surface area contributed by atoms with Gasteiger partial charge in [0.25, 0.3) is 0 Å². The molecule has 0 aromatic rings. The molecule has 0 aromatic heterocycles. The Morgan fingerprint density at radius 1 is 0.577 bits per heavy atom. The van der Waals surface area contributed by atoms with Crippen LogP contribution in [0, 0.1) is 5.41 Å². The van der Waals surface area contributed by atoms with Gasteiger partial charge in [0.1, 0.15) is 0 Å². The Morgan fingerprint density at radius 3 is 1.35 bits per heavy atom. The highest BCUT2D eigenvalue weighted by Gasteiger charge is 2.38. The van der Waals surface area contributed by atoms with Crippen LogP contribution in [0.15, 0.2) is 0 Å². The third-order valence-corrected chi connectivity index (χ3v) is 5.74. The maximum atomic E-state index is 12.9. The van der Waals surface area contributed by atoms with Gasteiger partial charge in [0.15, 0.2) is 0 Å². The van der Waals surface area contributed by atoms with E-state index in [0.717, 1.165) is 19.3 Å². The second-order valence-corrected chi connectivity index (χ2v) is 8.14. The minimum absolute atomic E-state index is 0.0927. The lowest BCUT2D eigenvalue weighted by Crippen LogP contribution is -2.33. The molecule has 0 heterocycles. The maximum absolute atomic E-state index is 12.9. The van der Waals surface area contributed by atoms with Gasteiger partial charge in [0.2, 0.25) is 0 Å². The highest BCUT2D eigenvalue weighted by molar-refractivity contribution is 5.76. The van der Waals surface area contributed by atoms with E-state index in [-0.39, 0.29) is 11.4 Å². The van der Waals surface area contributed by atoms with Gasteiger partial charge in [-0.25, -0.2) is 0 Å². The Balaban J connectivity index is 4.56. The van der Waals surface area contributed by atoms with Crippen LogP contribution < -0.4 is 0 Å². The van der Waals surface area contributed by atoms with E-state index in [1.807, 2.05) is 6.92 Å². The molecule has 0 aliphatic rings. The summed E-state index contributed by atoms with van der Waals surface area (Å²) in [7, 11) is 0. The number of ether oxygens (including phenoxy) is 1. The first-order chi connectivity index (χ1) is 12.7. The Labute approximate surface area is 164 Å². The Kier molecular flexibility index (Phi) is 17.5. The van der Waals surface area contributed by atoms with Gasteiger partial charge in [0, 0.05) is 0 Å². The summed E-state index contributed by atoms with van der Waals surface area (Å²) in [5.41, 5.74) is -0.206. The van der Waals surface area contributed by atoms with Crippen LogP contribution in [0.3, 0.4) is 0 Å². The number of carbonyl (C=O) groups excluding carboxylic acids is 1. The fourth-order valence-electron chi connectivity index (χ4n) is 3.99. The number of rotatable bonds is 19. The predicted molar refractivity (Wildman–Crippen MR) is 115 cm³/mol. The molecule has 0 spiro atoms. The van der Waals surface area contributed by atoms with E-state index < -0.39 is 0 Å². The van der Waals surface area contributed by atoms with Crippen molar-refractivity contribution in [3.05, 3.63) is 0 Å². The Morgan fingerprint density at radius 2 is 0.923 bits per heavy atom. The third kappa shape index (κ3) is 12.0. The van der Waals surface area contributed by atoms with Crippen molar-refractivity contribution in [1.82, 2.24) is 0 Å². The number of esters is 1. The summed E-state index contributed by atoms with van der Waals surface area (Å²) in [6, 6.07) is 0. The largest absolute Gasteiger partial charge is 0.466 e. The summed E-state index contributed by atoms with van der Waals surface area (Å²) in [6.07, 6.45) is 20.9. The van der Waals surface area contributed by atoms with Gasteiger partial charge in [0.05, 0.1) is 12.0 Å². The third-order valence-electron chi connectivity index (χ3n) is 5.74. The molecule has 2 heteroatoms. The molecule has 26 heavy (non-hydrogen) atoms. The summed E-state index contributed by atoms with van der Waals surface area (Å²) >= 11 is 0. The van der Waals surface area contributed by atoms with E-state index in [4.69, 9.17) is 4.74 Å². The summed E-state index contributed by atoms with van der Waals surface area (Å²) < 4.78 is 5.55. The number of hydrogen-bond acceptors (Lipinski definition) is 2. The second-order valence-electron chi connectivity index (χ2n) is 8.14. The highest BCUT2D eigenvalue weighted by atomic mass is 16.5. The van der Waals surface area contributed by atoms with E-state index in [2.05, 4.69) is 20.8 Å². The molecule has 0 aliphatic heterocycles.